The number of rotatable bonds is 3. The maximum atomic E-state index is 12.6. The topological polar surface area (TPSA) is 35.6 Å². The highest BCUT2D eigenvalue weighted by atomic mass is 35.5. The van der Waals surface area contributed by atoms with E-state index in [0.717, 1.165) is 43.7 Å². The summed E-state index contributed by atoms with van der Waals surface area (Å²) in [6, 6.07) is 11.9. The van der Waals surface area contributed by atoms with E-state index < -0.39 is 0 Å². The van der Waals surface area contributed by atoms with E-state index in [0.29, 0.717) is 23.1 Å². The lowest BCUT2D eigenvalue weighted by atomic mass is 10.1. The van der Waals surface area contributed by atoms with Crippen LogP contribution in [-0.2, 0) is 19.4 Å². The van der Waals surface area contributed by atoms with Crippen molar-refractivity contribution in [3.8, 4) is 0 Å². The van der Waals surface area contributed by atoms with Gasteiger partial charge in [-0.15, -0.1) is 0 Å². The van der Waals surface area contributed by atoms with Gasteiger partial charge in [0.05, 0.1) is 0 Å². The van der Waals surface area contributed by atoms with Crippen LogP contribution in [0.25, 0.3) is 0 Å². The number of amides is 2. The molecular weight excluding hydrogens is 381 g/mol. The molecule has 0 saturated carbocycles. The van der Waals surface area contributed by atoms with Gasteiger partial charge in [-0.1, -0.05) is 35.3 Å². The molecule has 1 saturated heterocycles. The first-order valence-electron chi connectivity index (χ1n) is 9.42. The van der Waals surface area contributed by atoms with Crippen molar-refractivity contribution < 1.29 is 4.79 Å². The fourth-order valence-corrected chi connectivity index (χ4v) is 4.32. The molecule has 142 valence electrons. The molecule has 6 heteroatoms. The average Bonchev–Trinajstić information content (AvgIpc) is 3.12. The van der Waals surface area contributed by atoms with Crippen molar-refractivity contribution in [1.29, 1.82) is 0 Å². The van der Waals surface area contributed by atoms with E-state index in [1.54, 1.807) is 6.07 Å². The highest BCUT2D eigenvalue weighted by molar-refractivity contribution is 6.35. The molecule has 4 nitrogen and oxygen atoms in total. The molecule has 0 aromatic heterocycles. The quantitative estimate of drug-likeness (QED) is 0.795. The largest absolute Gasteiger partial charge is 0.322 e. The summed E-state index contributed by atoms with van der Waals surface area (Å²) in [7, 11) is 0. The van der Waals surface area contributed by atoms with E-state index in [9.17, 15) is 4.79 Å². The Balaban J connectivity index is 1.30. The fraction of sp³-hybridized carbons (Fsp3) is 0.381. The number of hydrogen-bond donors (Lipinski definition) is 1. The molecule has 2 aromatic carbocycles. The predicted octanol–water partition coefficient (Wildman–Crippen LogP) is 4.83. The van der Waals surface area contributed by atoms with Crippen molar-refractivity contribution in [3.63, 3.8) is 0 Å². The number of aryl methyl sites for hydroxylation is 2. The number of carbonyl (C=O) groups excluding carboxylic acids is 1. The summed E-state index contributed by atoms with van der Waals surface area (Å²) in [5.41, 5.74) is 4.76. The summed E-state index contributed by atoms with van der Waals surface area (Å²) >= 11 is 12.2. The molecule has 0 atom stereocenters. The molecule has 4 rings (SSSR count). The Labute approximate surface area is 170 Å². The molecule has 1 N–H and O–H groups in total. The minimum Gasteiger partial charge on any atom is -0.322 e. The van der Waals surface area contributed by atoms with E-state index in [-0.39, 0.29) is 6.03 Å². The van der Waals surface area contributed by atoms with Crippen LogP contribution in [0.1, 0.15) is 23.1 Å². The van der Waals surface area contributed by atoms with Crippen molar-refractivity contribution in [2.45, 2.75) is 25.8 Å². The van der Waals surface area contributed by atoms with Crippen molar-refractivity contribution in [3.05, 3.63) is 63.1 Å². The summed E-state index contributed by atoms with van der Waals surface area (Å²) < 4.78 is 0. The molecule has 1 fully saturated rings. The second kappa shape index (κ2) is 8.09. The third kappa shape index (κ3) is 4.40. The minimum absolute atomic E-state index is 0.0166. The van der Waals surface area contributed by atoms with E-state index in [4.69, 9.17) is 23.2 Å². The Kier molecular flexibility index (Phi) is 5.58. The van der Waals surface area contributed by atoms with Crippen LogP contribution in [0.4, 0.5) is 10.5 Å². The van der Waals surface area contributed by atoms with Gasteiger partial charge in [0.15, 0.2) is 0 Å². The van der Waals surface area contributed by atoms with Gasteiger partial charge in [-0.2, -0.15) is 0 Å². The molecule has 0 spiro atoms. The number of hydrogen-bond acceptors (Lipinski definition) is 2. The van der Waals surface area contributed by atoms with Gasteiger partial charge >= 0.3 is 6.03 Å². The number of nitrogens with one attached hydrogen (secondary N) is 1. The number of carbonyl (C=O) groups is 1. The zero-order chi connectivity index (χ0) is 18.8. The number of benzene rings is 2. The Morgan fingerprint density at radius 1 is 0.963 bits per heavy atom. The smallest absolute Gasteiger partial charge is 0.321 e. The maximum absolute atomic E-state index is 12.6. The lowest BCUT2D eigenvalue weighted by Gasteiger charge is -2.34. The average molecular weight is 404 g/mol. The van der Waals surface area contributed by atoms with Gasteiger partial charge in [-0.25, -0.2) is 4.79 Å². The third-order valence-corrected chi connectivity index (χ3v) is 6.01. The van der Waals surface area contributed by atoms with Crippen molar-refractivity contribution >= 4 is 34.9 Å². The van der Waals surface area contributed by atoms with Gasteiger partial charge in [0, 0.05) is 48.5 Å². The number of anilines is 1. The van der Waals surface area contributed by atoms with Crippen LogP contribution >= 0.6 is 23.2 Å². The van der Waals surface area contributed by atoms with Crippen LogP contribution in [0.3, 0.4) is 0 Å². The predicted molar refractivity (Wildman–Crippen MR) is 111 cm³/mol. The van der Waals surface area contributed by atoms with E-state index in [2.05, 4.69) is 22.3 Å². The van der Waals surface area contributed by atoms with Crippen LogP contribution in [-0.4, -0.2) is 42.0 Å². The molecule has 1 aliphatic carbocycles. The van der Waals surface area contributed by atoms with E-state index >= 15 is 0 Å². The number of piperazine rings is 1. The van der Waals surface area contributed by atoms with Gasteiger partial charge in [0.25, 0.3) is 0 Å². The zero-order valence-electron chi connectivity index (χ0n) is 15.2. The van der Waals surface area contributed by atoms with Crippen LogP contribution in [0.15, 0.2) is 36.4 Å². The van der Waals surface area contributed by atoms with Crippen molar-refractivity contribution in [2.75, 3.05) is 31.5 Å². The molecule has 2 amide bonds. The van der Waals surface area contributed by atoms with Crippen LogP contribution < -0.4 is 5.32 Å². The SMILES string of the molecule is O=C(Nc1ccc2c(c1)CCC2)N1CCN(Cc2ccc(Cl)cc2Cl)CC1. The Morgan fingerprint density at radius 3 is 2.52 bits per heavy atom. The fourth-order valence-electron chi connectivity index (χ4n) is 3.85. The standard InChI is InChI=1S/C21H23Cl2N3O/c22-18-6-4-17(20(23)13-18)14-25-8-10-26(11-9-25)21(27)24-19-7-5-15-2-1-3-16(15)12-19/h4-7,12-13H,1-3,8-11,14H2,(H,24,27). The monoisotopic (exact) mass is 403 g/mol. The lowest BCUT2D eigenvalue weighted by molar-refractivity contribution is 0.143. The Hall–Kier alpha value is -1.75. The number of fused-ring (bicyclic) bond motifs is 1. The highest BCUT2D eigenvalue weighted by Crippen LogP contribution is 2.25. The number of urea groups is 1. The van der Waals surface area contributed by atoms with Crippen molar-refractivity contribution in [1.82, 2.24) is 9.80 Å². The second-order valence-electron chi connectivity index (χ2n) is 7.27. The van der Waals surface area contributed by atoms with E-state index in [1.807, 2.05) is 23.1 Å². The van der Waals surface area contributed by atoms with Crippen molar-refractivity contribution in [2.24, 2.45) is 0 Å². The Bertz CT molecular complexity index is 847. The van der Waals surface area contributed by atoms with E-state index in [1.165, 1.54) is 17.5 Å². The first-order valence-corrected chi connectivity index (χ1v) is 10.2. The molecular formula is C21H23Cl2N3O. The van der Waals surface area contributed by atoms with Gasteiger partial charge in [-0.05, 0) is 60.2 Å². The summed E-state index contributed by atoms with van der Waals surface area (Å²) in [5, 5.41) is 4.40. The summed E-state index contributed by atoms with van der Waals surface area (Å²) in [6.45, 7) is 3.85. The molecule has 2 aromatic rings. The lowest BCUT2D eigenvalue weighted by Crippen LogP contribution is -2.49. The molecule has 0 unspecified atom stereocenters. The number of nitrogens with zero attached hydrogens (tertiary/aromatic N) is 2. The minimum atomic E-state index is -0.0166. The molecule has 0 radical (unpaired) electrons. The van der Waals surface area contributed by atoms with Gasteiger partial charge in [0.1, 0.15) is 0 Å². The normalized spacial score (nSPS) is 17.0. The van der Waals surface area contributed by atoms with Gasteiger partial charge in [0.2, 0.25) is 0 Å². The Morgan fingerprint density at radius 2 is 1.74 bits per heavy atom. The van der Waals surface area contributed by atoms with Crippen LogP contribution in [0.2, 0.25) is 10.0 Å². The summed E-state index contributed by atoms with van der Waals surface area (Å²) in [4.78, 5) is 16.8. The second-order valence-corrected chi connectivity index (χ2v) is 8.11. The molecule has 0 bridgehead atoms. The summed E-state index contributed by atoms with van der Waals surface area (Å²) in [6.07, 6.45) is 3.49. The molecule has 2 aliphatic rings. The highest BCUT2D eigenvalue weighted by Gasteiger charge is 2.22. The number of halogens is 2. The molecule has 1 heterocycles. The van der Waals surface area contributed by atoms with Gasteiger partial charge in [-0.3, -0.25) is 4.90 Å². The first kappa shape index (κ1) is 18.6. The maximum Gasteiger partial charge on any atom is 0.321 e. The van der Waals surface area contributed by atoms with Crippen LogP contribution in [0, 0.1) is 0 Å². The third-order valence-electron chi connectivity index (χ3n) is 5.42. The van der Waals surface area contributed by atoms with Crippen LogP contribution in [0.5, 0.6) is 0 Å². The van der Waals surface area contributed by atoms with Gasteiger partial charge < -0.3 is 10.2 Å². The first-order chi connectivity index (χ1) is 13.1. The molecule has 1 aliphatic heterocycles. The zero-order valence-corrected chi connectivity index (χ0v) is 16.7. The summed E-state index contributed by atoms with van der Waals surface area (Å²) in [5.74, 6) is 0. The molecule has 27 heavy (non-hydrogen) atoms.